The molecule has 0 radical (unpaired) electrons. The third-order valence-electron chi connectivity index (χ3n) is 3.76. The Morgan fingerprint density at radius 3 is 2.85 bits per heavy atom. The number of hydrogen-bond donors (Lipinski definition) is 1. The van der Waals surface area contributed by atoms with E-state index in [0.717, 1.165) is 24.3 Å². The fourth-order valence-electron chi connectivity index (χ4n) is 2.46. The van der Waals surface area contributed by atoms with Crippen molar-refractivity contribution in [2.24, 2.45) is 0 Å². The highest BCUT2D eigenvalue weighted by Gasteiger charge is 2.31. The molecule has 1 saturated heterocycles. The zero-order valence-corrected chi connectivity index (χ0v) is 13.2. The largest absolute Gasteiger partial charge is 0.468 e. The molecule has 5 nitrogen and oxygen atoms in total. The van der Waals surface area contributed by atoms with Gasteiger partial charge in [-0.25, -0.2) is 8.42 Å². The summed E-state index contributed by atoms with van der Waals surface area (Å²) < 4.78 is 28.6. The van der Waals surface area contributed by atoms with Crippen molar-refractivity contribution in [3.63, 3.8) is 0 Å². The molecule has 0 saturated carbocycles. The van der Waals surface area contributed by atoms with Crippen molar-refractivity contribution in [1.29, 1.82) is 0 Å². The first-order valence-corrected chi connectivity index (χ1v) is 8.89. The Morgan fingerprint density at radius 1 is 1.50 bits per heavy atom. The van der Waals surface area contributed by atoms with E-state index in [9.17, 15) is 8.42 Å². The van der Waals surface area contributed by atoms with Crippen LogP contribution in [0.3, 0.4) is 0 Å². The lowest BCUT2D eigenvalue weighted by molar-refractivity contribution is 0.232. The van der Waals surface area contributed by atoms with Gasteiger partial charge < -0.3 is 9.73 Å². The second-order valence-electron chi connectivity index (χ2n) is 5.88. The predicted octanol–water partition coefficient (Wildman–Crippen LogP) is 1.40. The second kappa shape index (κ2) is 6.28. The molecule has 0 spiro atoms. The third-order valence-corrected chi connectivity index (χ3v) is 5.51. The lowest BCUT2D eigenvalue weighted by Crippen LogP contribution is -2.32. The Balaban J connectivity index is 1.95. The van der Waals surface area contributed by atoms with E-state index >= 15 is 0 Å². The van der Waals surface area contributed by atoms with Crippen LogP contribution in [-0.4, -0.2) is 44.0 Å². The molecule has 2 heterocycles. The molecule has 1 aliphatic rings. The molecule has 0 amide bonds. The molecular formula is C14H24N2O3S. The summed E-state index contributed by atoms with van der Waals surface area (Å²) in [5.41, 5.74) is 1.14. The van der Waals surface area contributed by atoms with Gasteiger partial charge in [-0.05, 0) is 19.5 Å². The van der Waals surface area contributed by atoms with Gasteiger partial charge in [0, 0.05) is 24.2 Å². The minimum atomic E-state index is -2.84. The van der Waals surface area contributed by atoms with Crippen molar-refractivity contribution in [2.45, 2.75) is 45.4 Å². The maximum absolute atomic E-state index is 11.5. The van der Waals surface area contributed by atoms with Crippen LogP contribution in [0.4, 0.5) is 0 Å². The number of nitrogens with zero attached hydrogens (tertiary/aromatic N) is 1. The van der Waals surface area contributed by atoms with E-state index < -0.39 is 9.84 Å². The van der Waals surface area contributed by atoms with Gasteiger partial charge in [0.05, 0.1) is 24.3 Å². The molecule has 0 aromatic carbocycles. The molecular weight excluding hydrogens is 276 g/mol. The van der Waals surface area contributed by atoms with Gasteiger partial charge >= 0.3 is 0 Å². The summed E-state index contributed by atoms with van der Waals surface area (Å²) >= 11 is 0. The first kappa shape index (κ1) is 15.5. The SMILES string of the molecule is CC(C)NCc1ccoc1CN(C)C1CCS(=O)(=O)C1. The van der Waals surface area contributed by atoms with Crippen molar-refractivity contribution < 1.29 is 12.8 Å². The van der Waals surface area contributed by atoms with Crippen molar-refractivity contribution in [2.75, 3.05) is 18.6 Å². The molecule has 6 heteroatoms. The zero-order chi connectivity index (χ0) is 14.8. The summed E-state index contributed by atoms with van der Waals surface area (Å²) in [5, 5.41) is 3.37. The van der Waals surface area contributed by atoms with Gasteiger partial charge in [-0.15, -0.1) is 0 Å². The standard InChI is InChI=1S/C14H24N2O3S/c1-11(2)15-8-12-4-6-19-14(12)9-16(3)13-5-7-20(17,18)10-13/h4,6,11,13,15H,5,7-10H2,1-3H3. The van der Waals surface area contributed by atoms with E-state index in [-0.39, 0.29) is 11.8 Å². The topological polar surface area (TPSA) is 62.6 Å². The molecule has 20 heavy (non-hydrogen) atoms. The summed E-state index contributed by atoms with van der Waals surface area (Å²) in [5.74, 6) is 1.50. The van der Waals surface area contributed by atoms with Crippen LogP contribution in [0.1, 0.15) is 31.6 Å². The molecule has 2 rings (SSSR count). The van der Waals surface area contributed by atoms with Gasteiger partial charge in [-0.3, -0.25) is 4.90 Å². The molecule has 1 aromatic heterocycles. The summed E-state index contributed by atoms with van der Waals surface area (Å²) in [6.45, 7) is 5.65. The molecule has 1 atom stereocenters. The van der Waals surface area contributed by atoms with Gasteiger partial charge in [-0.1, -0.05) is 13.8 Å². The van der Waals surface area contributed by atoms with Crippen LogP contribution in [0.5, 0.6) is 0 Å². The lowest BCUT2D eigenvalue weighted by Gasteiger charge is -2.22. The van der Waals surface area contributed by atoms with Crippen molar-refractivity contribution in [3.8, 4) is 0 Å². The van der Waals surface area contributed by atoms with Gasteiger partial charge in [-0.2, -0.15) is 0 Å². The number of sulfone groups is 1. The minimum absolute atomic E-state index is 0.107. The average molecular weight is 300 g/mol. The summed E-state index contributed by atoms with van der Waals surface area (Å²) in [7, 11) is -0.870. The van der Waals surface area contributed by atoms with Gasteiger partial charge in [0.15, 0.2) is 9.84 Å². The highest BCUT2D eigenvalue weighted by atomic mass is 32.2. The molecule has 114 valence electrons. The minimum Gasteiger partial charge on any atom is -0.468 e. The summed E-state index contributed by atoms with van der Waals surface area (Å²) in [4.78, 5) is 2.09. The number of rotatable bonds is 6. The quantitative estimate of drug-likeness (QED) is 0.860. The number of furan rings is 1. The maximum atomic E-state index is 11.5. The van der Waals surface area contributed by atoms with Gasteiger partial charge in [0.2, 0.25) is 0 Å². The molecule has 1 aromatic rings. The van der Waals surface area contributed by atoms with Crippen LogP contribution in [0.2, 0.25) is 0 Å². The Morgan fingerprint density at radius 2 is 2.25 bits per heavy atom. The first-order valence-electron chi connectivity index (χ1n) is 7.06. The van der Waals surface area contributed by atoms with E-state index in [4.69, 9.17) is 4.42 Å². The number of hydrogen-bond acceptors (Lipinski definition) is 5. The molecule has 1 N–H and O–H groups in total. The fourth-order valence-corrected chi connectivity index (χ4v) is 4.26. The van der Waals surface area contributed by atoms with E-state index in [0.29, 0.717) is 18.3 Å². The van der Waals surface area contributed by atoms with Crippen LogP contribution in [0.15, 0.2) is 16.7 Å². The van der Waals surface area contributed by atoms with Crippen LogP contribution in [-0.2, 0) is 22.9 Å². The molecule has 1 fully saturated rings. The highest BCUT2D eigenvalue weighted by Crippen LogP contribution is 2.20. The first-order chi connectivity index (χ1) is 9.37. The van der Waals surface area contributed by atoms with Gasteiger partial charge in [0.1, 0.15) is 5.76 Å². The van der Waals surface area contributed by atoms with E-state index in [1.54, 1.807) is 6.26 Å². The zero-order valence-electron chi connectivity index (χ0n) is 12.4. The number of nitrogens with one attached hydrogen (secondary N) is 1. The molecule has 0 aliphatic carbocycles. The van der Waals surface area contributed by atoms with Crippen molar-refractivity contribution >= 4 is 9.84 Å². The molecule has 1 aliphatic heterocycles. The summed E-state index contributed by atoms with van der Waals surface area (Å²) in [6, 6.07) is 2.51. The second-order valence-corrected chi connectivity index (χ2v) is 8.11. The smallest absolute Gasteiger partial charge is 0.151 e. The Hall–Kier alpha value is -0.850. The van der Waals surface area contributed by atoms with Crippen LogP contribution < -0.4 is 5.32 Å². The van der Waals surface area contributed by atoms with Gasteiger partial charge in [0.25, 0.3) is 0 Å². The van der Waals surface area contributed by atoms with E-state index in [1.807, 2.05) is 13.1 Å². The highest BCUT2D eigenvalue weighted by molar-refractivity contribution is 7.91. The summed E-state index contributed by atoms with van der Waals surface area (Å²) in [6.07, 6.45) is 2.42. The van der Waals surface area contributed by atoms with E-state index in [2.05, 4.69) is 24.1 Å². The average Bonchev–Trinajstić information content (AvgIpc) is 2.93. The predicted molar refractivity (Wildman–Crippen MR) is 79.2 cm³/mol. The van der Waals surface area contributed by atoms with Crippen LogP contribution in [0, 0.1) is 0 Å². The normalized spacial score (nSPS) is 21.9. The fraction of sp³-hybridized carbons (Fsp3) is 0.714. The maximum Gasteiger partial charge on any atom is 0.151 e. The van der Waals surface area contributed by atoms with Crippen LogP contribution in [0.25, 0.3) is 0 Å². The Kier molecular flexibility index (Phi) is 4.88. The lowest BCUT2D eigenvalue weighted by atomic mass is 10.2. The Labute approximate surface area is 121 Å². The molecule has 0 bridgehead atoms. The third kappa shape index (κ3) is 4.07. The molecule has 1 unspecified atom stereocenters. The van der Waals surface area contributed by atoms with E-state index in [1.165, 1.54) is 0 Å². The monoisotopic (exact) mass is 300 g/mol. The Bertz CT molecular complexity index is 536. The van der Waals surface area contributed by atoms with Crippen LogP contribution >= 0.6 is 0 Å². The van der Waals surface area contributed by atoms with Crippen molar-refractivity contribution in [3.05, 3.63) is 23.7 Å². The van der Waals surface area contributed by atoms with Crippen molar-refractivity contribution in [1.82, 2.24) is 10.2 Å².